The van der Waals surface area contributed by atoms with Crippen LogP contribution in [-0.2, 0) is 6.42 Å². The van der Waals surface area contributed by atoms with Crippen molar-refractivity contribution in [2.45, 2.75) is 46.0 Å². The highest BCUT2D eigenvalue weighted by molar-refractivity contribution is 6.02. The van der Waals surface area contributed by atoms with Crippen molar-refractivity contribution in [3.63, 3.8) is 0 Å². The average Bonchev–Trinajstić information content (AvgIpc) is 2.87. The normalized spacial score (nSPS) is 16.5. The van der Waals surface area contributed by atoms with Crippen LogP contribution in [0, 0.1) is 13.8 Å². The van der Waals surface area contributed by atoms with Crippen molar-refractivity contribution in [3.8, 4) is 0 Å². The van der Waals surface area contributed by atoms with Crippen LogP contribution in [-0.4, -0.2) is 23.2 Å². The van der Waals surface area contributed by atoms with Gasteiger partial charge in [-0.1, -0.05) is 24.3 Å². The first kappa shape index (κ1) is 16.5. The number of benzene rings is 1. The molecule has 4 nitrogen and oxygen atoms in total. The fourth-order valence-electron chi connectivity index (χ4n) is 3.88. The monoisotopic (exact) mass is 324 g/mol. The smallest absolute Gasteiger partial charge is 0.268 e. The van der Waals surface area contributed by atoms with Gasteiger partial charge in [-0.3, -0.25) is 9.59 Å². The lowest BCUT2D eigenvalue weighted by Gasteiger charge is -2.25. The molecule has 3 rings (SSSR count). The maximum absolute atomic E-state index is 12.6. The van der Waals surface area contributed by atoms with Gasteiger partial charge in [-0.15, -0.1) is 0 Å². The van der Waals surface area contributed by atoms with E-state index in [2.05, 4.69) is 34.6 Å². The van der Waals surface area contributed by atoms with E-state index in [4.69, 9.17) is 0 Å². The zero-order chi connectivity index (χ0) is 17.3. The molecule has 1 atom stereocenters. The molecule has 2 aromatic rings. The minimum absolute atomic E-state index is 0.0125. The number of H-pyrrole nitrogens is 1. The summed E-state index contributed by atoms with van der Waals surface area (Å²) in [6, 6.07) is 8.49. The molecule has 0 spiro atoms. The van der Waals surface area contributed by atoms with E-state index < -0.39 is 0 Å². The van der Waals surface area contributed by atoms with Crippen molar-refractivity contribution in [1.82, 2.24) is 10.3 Å². The van der Waals surface area contributed by atoms with Gasteiger partial charge in [0.05, 0.1) is 0 Å². The van der Waals surface area contributed by atoms with Gasteiger partial charge in [0.25, 0.3) is 5.91 Å². The average molecular weight is 324 g/mol. The van der Waals surface area contributed by atoms with E-state index in [0.29, 0.717) is 23.7 Å². The Morgan fingerprint density at radius 2 is 2.00 bits per heavy atom. The highest BCUT2D eigenvalue weighted by Gasteiger charge is 2.23. The molecule has 24 heavy (non-hydrogen) atoms. The summed E-state index contributed by atoms with van der Waals surface area (Å²) in [5, 5.41) is 3.05. The summed E-state index contributed by atoms with van der Waals surface area (Å²) >= 11 is 0. The molecule has 1 amide bonds. The SMILES string of the molecule is CC(=O)c1c(C)[nH]c(C(=O)NC[C@@H]2CCCc3ccccc32)c1C. The Kier molecular flexibility index (Phi) is 4.56. The molecule has 1 heterocycles. The number of Topliss-reactive ketones (excluding diaryl/α,β-unsaturated/α-hetero) is 1. The van der Waals surface area contributed by atoms with Crippen LogP contribution in [0.1, 0.15) is 68.9 Å². The first-order valence-electron chi connectivity index (χ1n) is 8.55. The van der Waals surface area contributed by atoms with Crippen LogP contribution < -0.4 is 5.32 Å². The van der Waals surface area contributed by atoms with E-state index in [1.165, 1.54) is 18.1 Å². The second-order valence-electron chi connectivity index (χ2n) is 6.68. The molecule has 0 fully saturated rings. The Labute approximate surface area is 142 Å². The number of aromatic nitrogens is 1. The maximum atomic E-state index is 12.6. The molecule has 1 aromatic carbocycles. The van der Waals surface area contributed by atoms with Crippen LogP contribution in [0.15, 0.2) is 24.3 Å². The standard InChI is InChI=1S/C20H24N2O2/c1-12-18(14(3)23)13(2)22-19(12)20(24)21-11-16-9-6-8-15-7-4-5-10-17(15)16/h4-5,7,10,16,22H,6,8-9,11H2,1-3H3,(H,21,24)/t16-/m0/s1. The Bertz CT molecular complexity index is 789. The van der Waals surface area contributed by atoms with Gasteiger partial charge in [0, 0.05) is 23.7 Å². The number of carbonyl (C=O) groups is 2. The van der Waals surface area contributed by atoms with E-state index in [1.807, 2.05) is 13.8 Å². The summed E-state index contributed by atoms with van der Waals surface area (Å²) in [7, 11) is 0. The summed E-state index contributed by atoms with van der Waals surface area (Å²) in [5.74, 6) is 0.218. The summed E-state index contributed by atoms with van der Waals surface area (Å²) in [6.45, 7) is 5.82. The lowest BCUT2D eigenvalue weighted by Crippen LogP contribution is -2.30. The molecule has 1 aromatic heterocycles. The van der Waals surface area contributed by atoms with E-state index in [1.54, 1.807) is 0 Å². The second-order valence-corrected chi connectivity index (χ2v) is 6.68. The van der Waals surface area contributed by atoms with Gasteiger partial charge in [-0.05, 0) is 56.7 Å². The van der Waals surface area contributed by atoms with Crippen molar-refractivity contribution < 1.29 is 9.59 Å². The van der Waals surface area contributed by atoms with E-state index >= 15 is 0 Å². The molecular formula is C20H24N2O2. The van der Waals surface area contributed by atoms with Crippen molar-refractivity contribution in [1.29, 1.82) is 0 Å². The third-order valence-electron chi connectivity index (χ3n) is 5.02. The Morgan fingerprint density at radius 3 is 2.71 bits per heavy atom. The number of hydrogen-bond acceptors (Lipinski definition) is 2. The molecule has 1 aliphatic carbocycles. The molecule has 0 unspecified atom stereocenters. The molecule has 0 saturated carbocycles. The molecule has 126 valence electrons. The van der Waals surface area contributed by atoms with Crippen LogP contribution in [0.4, 0.5) is 0 Å². The minimum Gasteiger partial charge on any atom is -0.354 e. The lowest BCUT2D eigenvalue weighted by molar-refractivity contribution is 0.0945. The molecule has 0 saturated heterocycles. The van der Waals surface area contributed by atoms with E-state index in [0.717, 1.165) is 30.5 Å². The number of aromatic amines is 1. The molecule has 0 radical (unpaired) electrons. The number of amides is 1. The fraction of sp³-hybridized carbons (Fsp3) is 0.400. The Hall–Kier alpha value is -2.36. The van der Waals surface area contributed by atoms with Crippen LogP contribution in [0.2, 0.25) is 0 Å². The largest absolute Gasteiger partial charge is 0.354 e. The van der Waals surface area contributed by atoms with Gasteiger partial charge < -0.3 is 10.3 Å². The fourth-order valence-corrected chi connectivity index (χ4v) is 3.88. The molecule has 1 aliphatic rings. The zero-order valence-electron chi connectivity index (χ0n) is 14.5. The van der Waals surface area contributed by atoms with Crippen molar-refractivity contribution >= 4 is 11.7 Å². The zero-order valence-corrected chi connectivity index (χ0v) is 14.5. The molecule has 0 aliphatic heterocycles. The van der Waals surface area contributed by atoms with Gasteiger partial charge in [-0.2, -0.15) is 0 Å². The number of rotatable bonds is 4. The topological polar surface area (TPSA) is 62.0 Å². The summed E-state index contributed by atoms with van der Waals surface area (Å²) in [4.78, 5) is 27.3. The van der Waals surface area contributed by atoms with Gasteiger partial charge in [0.1, 0.15) is 5.69 Å². The summed E-state index contributed by atoms with van der Waals surface area (Å²) in [6.07, 6.45) is 3.38. The van der Waals surface area contributed by atoms with Crippen LogP contribution in [0.5, 0.6) is 0 Å². The first-order chi connectivity index (χ1) is 11.5. The molecule has 0 bridgehead atoms. The van der Waals surface area contributed by atoms with Gasteiger partial charge in [0.2, 0.25) is 0 Å². The van der Waals surface area contributed by atoms with Crippen molar-refractivity contribution in [2.24, 2.45) is 0 Å². The van der Waals surface area contributed by atoms with Crippen LogP contribution in [0.3, 0.4) is 0 Å². The number of aryl methyl sites for hydroxylation is 2. The third-order valence-corrected chi connectivity index (χ3v) is 5.02. The van der Waals surface area contributed by atoms with Crippen molar-refractivity contribution in [2.75, 3.05) is 6.54 Å². The minimum atomic E-state index is -0.133. The van der Waals surface area contributed by atoms with E-state index in [9.17, 15) is 9.59 Å². The maximum Gasteiger partial charge on any atom is 0.268 e. The number of carbonyl (C=O) groups excluding carboxylic acids is 2. The second kappa shape index (κ2) is 6.63. The van der Waals surface area contributed by atoms with Crippen LogP contribution >= 0.6 is 0 Å². The van der Waals surface area contributed by atoms with Gasteiger partial charge >= 0.3 is 0 Å². The van der Waals surface area contributed by atoms with Crippen LogP contribution in [0.25, 0.3) is 0 Å². The molecule has 4 heteroatoms. The lowest BCUT2D eigenvalue weighted by atomic mass is 9.83. The van der Waals surface area contributed by atoms with E-state index in [-0.39, 0.29) is 11.7 Å². The predicted molar refractivity (Wildman–Crippen MR) is 94.7 cm³/mol. The Morgan fingerprint density at radius 1 is 1.25 bits per heavy atom. The number of ketones is 1. The predicted octanol–water partition coefficient (Wildman–Crippen LogP) is 3.68. The highest BCUT2D eigenvalue weighted by Crippen LogP contribution is 2.31. The molecular weight excluding hydrogens is 300 g/mol. The Balaban J connectivity index is 1.73. The first-order valence-corrected chi connectivity index (χ1v) is 8.55. The number of fused-ring (bicyclic) bond motifs is 1. The summed E-state index contributed by atoms with van der Waals surface area (Å²) in [5.41, 5.74) is 5.38. The number of hydrogen-bond donors (Lipinski definition) is 2. The summed E-state index contributed by atoms with van der Waals surface area (Å²) < 4.78 is 0. The molecule has 2 N–H and O–H groups in total. The number of nitrogens with one attached hydrogen (secondary N) is 2. The van der Waals surface area contributed by atoms with Gasteiger partial charge in [0.15, 0.2) is 5.78 Å². The quantitative estimate of drug-likeness (QED) is 0.843. The highest BCUT2D eigenvalue weighted by atomic mass is 16.2. The van der Waals surface area contributed by atoms with Gasteiger partial charge in [-0.25, -0.2) is 0 Å². The van der Waals surface area contributed by atoms with Crippen molar-refractivity contribution in [3.05, 3.63) is 57.9 Å². The third kappa shape index (κ3) is 3.01.